The summed E-state index contributed by atoms with van der Waals surface area (Å²) < 4.78 is 16.0. The maximum atomic E-state index is 12.5. The minimum Gasteiger partial charge on any atom is -0.481 e. The minimum absolute atomic E-state index is 0.00472. The van der Waals surface area contributed by atoms with Crippen LogP contribution in [-0.2, 0) is 33.4 Å². The van der Waals surface area contributed by atoms with E-state index in [0.29, 0.717) is 25.7 Å². The Morgan fingerprint density at radius 1 is 0.719 bits per heavy atom. The molecule has 0 aromatic rings. The fraction of sp³-hybridized carbons (Fsp3) is 0.826. The first-order valence-corrected chi connectivity index (χ1v) is 11.0. The van der Waals surface area contributed by atoms with Crippen LogP contribution in [0.4, 0.5) is 0 Å². The van der Waals surface area contributed by atoms with Gasteiger partial charge in [0.05, 0.1) is 42.5 Å². The standard InChI is InChI=1S/C23H38O9/c1-21(2,12-31-19(28)22(3,4)11-24)13-32-20(29)23(5,6)14-30-18(27)16-9-7-15(8-10-16)17(25)26/h15-16,24H,7-14H2,1-6H3,(H,25,26). The molecule has 0 aromatic carbocycles. The van der Waals surface area contributed by atoms with Crippen LogP contribution in [0.1, 0.15) is 67.2 Å². The predicted molar refractivity (Wildman–Crippen MR) is 114 cm³/mol. The smallest absolute Gasteiger partial charge is 0.315 e. The van der Waals surface area contributed by atoms with Gasteiger partial charge in [0.15, 0.2) is 0 Å². The molecule has 0 saturated heterocycles. The highest BCUT2D eigenvalue weighted by atomic mass is 16.6. The first-order chi connectivity index (χ1) is 14.6. The maximum Gasteiger partial charge on any atom is 0.315 e. The van der Waals surface area contributed by atoms with Crippen molar-refractivity contribution in [3.8, 4) is 0 Å². The van der Waals surface area contributed by atoms with E-state index in [9.17, 15) is 24.3 Å². The Bertz CT molecular complexity index is 686. The number of hydrogen-bond donors (Lipinski definition) is 2. The Morgan fingerprint density at radius 2 is 1.16 bits per heavy atom. The van der Waals surface area contributed by atoms with Crippen LogP contribution in [0.15, 0.2) is 0 Å². The third kappa shape index (κ3) is 8.41. The summed E-state index contributed by atoms with van der Waals surface area (Å²) in [5.41, 5.74) is -2.72. The minimum atomic E-state index is -1.07. The molecule has 184 valence electrons. The molecule has 32 heavy (non-hydrogen) atoms. The van der Waals surface area contributed by atoms with Crippen LogP contribution >= 0.6 is 0 Å². The highest BCUT2D eigenvalue weighted by Crippen LogP contribution is 2.30. The van der Waals surface area contributed by atoms with Crippen LogP contribution < -0.4 is 0 Å². The largest absolute Gasteiger partial charge is 0.481 e. The molecule has 1 saturated carbocycles. The van der Waals surface area contributed by atoms with Crippen molar-refractivity contribution >= 4 is 23.9 Å². The summed E-state index contributed by atoms with van der Waals surface area (Å²) in [6.45, 7) is 9.44. The van der Waals surface area contributed by atoms with Gasteiger partial charge in [0.25, 0.3) is 0 Å². The van der Waals surface area contributed by atoms with Gasteiger partial charge < -0.3 is 24.4 Å². The third-order valence-corrected chi connectivity index (χ3v) is 5.67. The first kappa shape index (κ1) is 27.9. The molecule has 9 heteroatoms. The van der Waals surface area contributed by atoms with Gasteiger partial charge in [0.2, 0.25) is 0 Å². The van der Waals surface area contributed by atoms with Gasteiger partial charge >= 0.3 is 23.9 Å². The zero-order valence-electron chi connectivity index (χ0n) is 20.1. The molecule has 0 radical (unpaired) electrons. The number of rotatable bonds is 11. The zero-order chi connectivity index (χ0) is 24.7. The van der Waals surface area contributed by atoms with Gasteiger partial charge in [-0.2, -0.15) is 0 Å². The van der Waals surface area contributed by atoms with E-state index < -0.39 is 46.0 Å². The van der Waals surface area contributed by atoms with Crippen molar-refractivity contribution < 1.29 is 43.6 Å². The van der Waals surface area contributed by atoms with Crippen molar-refractivity contribution in [2.24, 2.45) is 28.1 Å². The molecule has 0 unspecified atom stereocenters. The molecule has 9 nitrogen and oxygen atoms in total. The van der Waals surface area contributed by atoms with Crippen LogP contribution in [0.25, 0.3) is 0 Å². The van der Waals surface area contributed by atoms with Crippen LogP contribution in [0.3, 0.4) is 0 Å². The summed E-state index contributed by atoms with van der Waals surface area (Å²) in [4.78, 5) is 47.9. The van der Waals surface area contributed by atoms with Crippen molar-refractivity contribution in [1.29, 1.82) is 0 Å². The number of carboxylic acid groups (broad SMARTS) is 1. The lowest BCUT2D eigenvalue weighted by atomic mass is 9.82. The number of carbonyl (C=O) groups excluding carboxylic acids is 3. The molecular formula is C23H38O9. The topological polar surface area (TPSA) is 136 Å². The zero-order valence-corrected chi connectivity index (χ0v) is 20.1. The van der Waals surface area contributed by atoms with Gasteiger partial charge in [0.1, 0.15) is 6.61 Å². The van der Waals surface area contributed by atoms with Crippen molar-refractivity contribution in [2.75, 3.05) is 26.4 Å². The summed E-state index contributed by atoms with van der Waals surface area (Å²) in [7, 11) is 0. The fourth-order valence-corrected chi connectivity index (χ4v) is 3.02. The second-order valence-electron chi connectivity index (χ2n) is 10.7. The van der Waals surface area contributed by atoms with E-state index in [2.05, 4.69) is 0 Å². The number of aliphatic hydroxyl groups excluding tert-OH is 1. The Morgan fingerprint density at radius 3 is 1.59 bits per heavy atom. The third-order valence-electron chi connectivity index (χ3n) is 5.67. The van der Waals surface area contributed by atoms with Gasteiger partial charge in [-0.05, 0) is 53.4 Å². The highest BCUT2D eigenvalue weighted by molar-refractivity contribution is 5.78. The average Bonchev–Trinajstić information content (AvgIpc) is 2.74. The molecule has 0 aliphatic heterocycles. The van der Waals surface area contributed by atoms with E-state index in [4.69, 9.17) is 19.3 Å². The van der Waals surface area contributed by atoms with Crippen LogP contribution in [0.2, 0.25) is 0 Å². The number of aliphatic carboxylic acids is 1. The number of ether oxygens (including phenoxy) is 3. The number of esters is 3. The SMILES string of the molecule is CC(C)(COC(=O)C(C)(C)CO)COC(=O)C(C)(C)COC(=O)C1CCC(C(=O)O)CC1. The molecule has 1 fully saturated rings. The Labute approximate surface area is 189 Å². The van der Waals surface area contributed by atoms with Gasteiger partial charge in [-0.25, -0.2) is 0 Å². The molecule has 0 amide bonds. The molecule has 0 bridgehead atoms. The normalized spacial score (nSPS) is 19.7. The summed E-state index contributed by atoms with van der Waals surface area (Å²) in [5.74, 6) is -3.11. The lowest BCUT2D eigenvalue weighted by molar-refractivity contribution is -0.169. The molecule has 2 N–H and O–H groups in total. The molecule has 0 spiro atoms. The molecule has 1 aliphatic carbocycles. The van der Waals surface area contributed by atoms with E-state index in [0.717, 1.165) is 0 Å². The first-order valence-electron chi connectivity index (χ1n) is 11.0. The van der Waals surface area contributed by atoms with Crippen molar-refractivity contribution in [1.82, 2.24) is 0 Å². The van der Waals surface area contributed by atoms with Crippen molar-refractivity contribution in [3.63, 3.8) is 0 Å². The van der Waals surface area contributed by atoms with Crippen molar-refractivity contribution in [3.05, 3.63) is 0 Å². The van der Waals surface area contributed by atoms with Crippen LogP contribution in [0.5, 0.6) is 0 Å². The number of aliphatic hydroxyl groups is 1. The van der Waals surface area contributed by atoms with Gasteiger partial charge in [-0.15, -0.1) is 0 Å². The molecule has 0 heterocycles. The van der Waals surface area contributed by atoms with Crippen LogP contribution in [0, 0.1) is 28.1 Å². The Hall–Kier alpha value is -2.16. The molecule has 0 atom stereocenters. The van der Waals surface area contributed by atoms with Gasteiger partial charge in [0, 0.05) is 5.41 Å². The Kier molecular flexibility index (Phi) is 9.68. The van der Waals surface area contributed by atoms with Gasteiger partial charge in [-0.3, -0.25) is 19.2 Å². The Balaban J connectivity index is 2.46. The van der Waals surface area contributed by atoms with Crippen molar-refractivity contribution in [2.45, 2.75) is 67.2 Å². The van der Waals surface area contributed by atoms with E-state index in [1.165, 1.54) is 0 Å². The summed E-state index contributed by atoms with van der Waals surface area (Å²) >= 11 is 0. The number of carboxylic acids is 1. The van der Waals surface area contributed by atoms with E-state index in [1.54, 1.807) is 41.5 Å². The highest BCUT2D eigenvalue weighted by Gasteiger charge is 2.36. The second-order valence-corrected chi connectivity index (χ2v) is 10.7. The molecular weight excluding hydrogens is 420 g/mol. The van der Waals surface area contributed by atoms with E-state index in [1.807, 2.05) is 0 Å². The number of hydrogen-bond acceptors (Lipinski definition) is 8. The quantitative estimate of drug-likeness (QED) is 0.353. The molecule has 0 aromatic heterocycles. The molecule has 1 aliphatic rings. The van der Waals surface area contributed by atoms with E-state index in [-0.39, 0.29) is 32.3 Å². The molecule has 1 rings (SSSR count). The monoisotopic (exact) mass is 458 g/mol. The maximum absolute atomic E-state index is 12.5. The predicted octanol–water partition coefficient (Wildman–Crippen LogP) is 2.58. The fourth-order valence-electron chi connectivity index (χ4n) is 3.02. The summed E-state index contributed by atoms with van der Waals surface area (Å²) in [6.07, 6.45) is 1.80. The van der Waals surface area contributed by atoms with E-state index >= 15 is 0 Å². The van der Waals surface area contributed by atoms with Gasteiger partial charge in [-0.1, -0.05) is 13.8 Å². The second kappa shape index (κ2) is 11.1. The lowest BCUT2D eigenvalue weighted by Gasteiger charge is -2.29. The lowest BCUT2D eigenvalue weighted by Crippen LogP contribution is -2.38. The van der Waals surface area contributed by atoms with Crippen LogP contribution in [-0.4, -0.2) is 60.5 Å². The average molecular weight is 459 g/mol. The number of carbonyl (C=O) groups is 4. The summed E-state index contributed by atoms with van der Waals surface area (Å²) in [6, 6.07) is 0. The summed E-state index contributed by atoms with van der Waals surface area (Å²) in [5, 5.41) is 18.3.